The van der Waals surface area contributed by atoms with Gasteiger partial charge in [-0.3, -0.25) is 23.7 Å². The Morgan fingerprint density at radius 3 is 2.55 bits per heavy atom. The van der Waals surface area contributed by atoms with Gasteiger partial charge in [0.05, 0.1) is 12.2 Å². The zero-order valence-corrected chi connectivity index (χ0v) is 17.1. The summed E-state index contributed by atoms with van der Waals surface area (Å²) in [5, 5.41) is 2.83. The maximum Gasteiger partial charge on any atom is 0.332 e. The molecule has 1 N–H and O–H groups in total. The van der Waals surface area contributed by atoms with Crippen molar-refractivity contribution in [1.82, 2.24) is 29.4 Å². The Balaban J connectivity index is 1.65. The van der Waals surface area contributed by atoms with E-state index in [-0.39, 0.29) is 17.6 Å². The van der Waals surface area contributed by atoms with Gasteiger partial charge in [-0.25, -0.2) is 14.8 Å². The number of hydrogen-bond donors (Lipinski definition) is 1. The topological polar surface area (TPSA) is 112 Å². The molecule has 0 saturated heterocycles. The summed E-state index contributed by atoms with van der Waals surface area (Å²) in [5.41, 5.74) is 1.53. The van der Waals surface area contributed by atoms with Gasteiger partial charge in [-0.15, -0.1) is 0 Å². The lowest BCUT2D eigenvalue weighted by Gasteiger charge is -2.11. The highest BCUT2D eigenvalue weighted by molar-refractivity contribution is 5.78. The van der Waals surface area contributed by atoms with Gasteiger partial charge in [-0.2, -0.15) is 0 Å². The summed E-state index contributed by atoms with van der Waals surface area (Å²) >= 11 is 0. The van der Waals surface area contributed by atoms with Crippen LogP contribution in [0.3, 0.4) is 0 Å². The molecule has 4 rings (SSSR count). The van der Waals surface area contributed by atoms with E-state index in [9.17, 15) is 14.4 Å². The molecule has 3 heterocycles. The number of aromatic nitrogens is 5. The largest absolute Gasteiger partial charge is 0.349 e. The Morgan fingerprint density at radius 1 is 1.06 bits per heavy atom. The minimum Gasteiger partial charge on any atom is -0.349 e. The van der Waals surface area contributed by atoms with Crippen molar-refractivity contribution in [1.29, 1.82) is 0 Å². The van der Waals surface area contributed by atoms with Crippen molar-refractivity contribution in [3.05, 3.63) is 87.0 Å². The van der Waals surface area contributed by atoms with Crippen LogP contribution in [-0.2, 0) is 24.9 Å². The molecule has 0 spiro atoms. The van der Waals surface area contributed by atoms with Crippen LogP contribution >= 0.6 is 0 Å². The quantitative estimate of drug-likeness (QED) is 0.523. The van der Waals surface area contributed by atoms with Crippen molar-refractivity contribution in [2.24, 2.45) is 7.05 Å². The molecule has 0 unspecified atom stereocenters. The van der Waals surface area contributed by atoms with E-state index in [1.165, 1.54) is 17.8 Å². The lowest BCUT2D eigenvalue weighted by atomic mass is 10.1. The van der Waals surface area contributed by atoms with E-state index < -0.39 is 23.7 Å². The molecule has 4 aromatic rings. The third-order valence-electron chi connectivity index (χ3n) is 4.88. The summed E-state index contributed by atoms with van der Waals surface area (Å²) in [7, 11) is 1.51. The normalized spacial score (nSPS) is 10.9. The molecule has 0 aliphatic rings. The van der Waals surface area contributed by atoms with Crippen molar-refractivity contribution >= 4 is 16.9 Å². The van der Waals surface area contributed by atoms with E-state index in [0.29, 0.717) is 11.5 Å². The van der Waals surface area contributed by atoms with Crippen LogP contribution < -0.4 is 16.6 Å². The second kappa shape index (κ2) is 8.31. The molecule has 9 heteroatoms. The second-order valence-electron chi connectivity index (χ2n) is 7.13. The highest BCUT2D eigenvalue weighted by Gasteiger charge is 2.16. The van der Waals surface area contributed by atoms with Crippen LogP contribution in [-0.4, -0.2) is 30.0 Å². The third kappa shape index (κ3) is 4.11. The van der Waals surface area contributed by atoms with E-state index in [1.54, 1.807) is 18.3 Å². The summed E-state index contributed by atoms with van der Waals surface area (Å²) in [4.78, 5) is 50.8. The first-order valence-electron chi connectivity index (χ1n) is 9.64. The van der Waals surface area contributed by atoms with Gasteiger partial charge >= 0.3 is 5.69 Å². The molecule has 0 aliphatic carbocycles. The molecule has 0 bridgehead atoms. The maximum atomic E-state index is 12.9. The van der Waals surface area contributed by atoms with Crippen molar-refractivity contribution in [3.8, 4) is 11.4 Å². The molecule has 1 aromatic carbocycles. The van der Waals surface area contributed by atoms with Crippen LogP contribution in [0.1, 0.15) is 11.3 Å². The van der Waals surface area contributed by atoms with Gasteiger partial charge in [0.25, 0.3) is 5.56 Å². The number of fused-ring (bicyclic) bond motifs is 1. The Bertz CT molecular complexity index is 1380. The summed E-state index contributed by atoms with van der Waals surface area (Å²) < 4.78 is 2.13. The molecule has 31 heavy (non-hydrogen) atoms. The summed E-state index contributed by atoms with van der Waals surface area (Å²) in [5.74, 6) is -0.0610. The van der Waals surface area contributed by atoms with Crippen LogP contribution in [0.4, 0.5) is 0 Å². The van der Waals surface area contributed by atoms with Gasteiger partial charge in [-0.1, -0.05) is 35.9 Å². The Hall–Kier alpha value is -4.14. The standard InChI is InChI=1S/C22H20N6O3/c1-14-6-8-15(9-7-14)19-25-12-17-20(26-19)27(2)22(31)28(21(17)30)13-18(29)24-11-16-5-3-4-10-23-16/h3-10,12H,11,13H2,1-2H3,(H,24,29). The van der Waals surface area contributed by atoms with E-state index in [2.05, 4.69) is 20.3 Å². The predicted octanol–water partition coefficient (Wildman–Crippen LogP) is 1.18. The first-order chi connectivity index (χ1) is 14.9. The molecular formula is C22H20N6O3. The van der Waals surface area contributed by atoms with Crippen LogP contribution in [0.2, 0.25) is 0 Å². The van der Waals surface area contributed by atoms with Gasteiger partial charge in [0, 0.05) is 25.0 Å². The van der Waals surface area contributed by atoms with Gasteiger partial charge in [0.2, 0.25) is 5.91 Å². The SMILES string of the molecule is Cc1ccc(-c2ncc3c(=O)n(CC(=O)NCc4ccccn4)c(=O)n(C)c3n2)cc1. The van der Waals surface area contributed by atoms with Crippen molar-refractivity contribution in [2.45, 2.75) is 20.0 Å². The zero-order valence-electron chi connectivity index (χ0n) is 17.1. The van der Waals surface area contributed by atoms with Crippen LogP contribution in [0.25, 0.3) is 22.4 Å². The number of aryl methyl sites for hydroxylation is 2. The molecule has 0 aliphatic heterocycles. The molecular weight excluding hydrogens is 396 g/mol. The summed E-state index contributed by atoms with van der Waals surface area (Å²) in [6, 6.07) is 13.0. The van der Waals surface area contributed by atoms with E-state index in [4.69, 9.17) is 0 Å². The minimum absolute atomic E-state index is 0.162. The second-order valence-corrected chi connectivity index (χ2v) is 7.13. The van der Waals surface area contributed by atoms with Gasteiger partial charge < -0.3 is 5.32 Å². The average molecular weight is 416 g/mol. The van der Waals surface area contributed by atoms with E-state index in [1.807, 2.05) is 37.3 Å². The number of benzene rings is 1. The lowest BCUT2D eigenvalue weighted by Crippen LogP contribution is -2.43. The number of rotatable bonds is 5. The monoisotopic (exact) mass is 416 g/mol. The first-order valence-corrected chi connectivity index (χ1v) is 9.64. The van der Waals surface area contributed by atoms with E-state index >= 15 is 0 Å². The first kappa shape index (κ1) is 20.1. The van der Waals surface area contributed by atoms with Crippen molar-refractivity contribution in [3.63, 3.8) is 0 Å². The molecule has 3 aromatic heterocycles. The molecule has 9 nitrogen and oxygen atoms in total. The zero-order chi connectivity index (χ0) is 22.0. The number of pyridine rings is 1. The molecule has 0 radical (unpaired) electrons. The maximum absolute atomic E-state index is 12.9. The molecule has 1 amide bonds. The fourth-order valence-corrected chi connectivity index (χ4v) is 3.16. The van der Waals surface area contributed by atoms with Crippen LogP contribution in [0, 0.1) is 6.92 Å². The number of nitrogens with zero attached hydrogens (tertiary/aromatic N) is 5. The minimum atomic E-state index is -0.626. The van der Waals surface area contributed by atoms with Crippen LogP contribution in [0.15, 0.2) is 64.4 Å². The third-order valence-corrected chi connectivity index (χ3v) is 4.88. The number of carbonyl (C=O) groups is 1. The average Bonchev–Trinajstić information content (AvgIpc) is 2.80. The highest BCUT2D eigenvalue weighted by atomic mass is 16.2. The number of hydrogen-bond acceptors (Lipinski definition) is 6. The molecule has 0 fully saturated rings. The van der Waals surface area contributed by atoms with Crippen molar-refractivity contribution in [2.75, 3.05) is 0 Å². The van der Waals surface area contributed by atoms with Gasteiger partial charge in [0.1, 0.15) is 11.9 Å². The number of nitrogens with one attached hydrogen (secondary N) is 1. The fourth-order valence-electron chi connectivity index (χ4n) is 3.16. The van der Waals surface area contributed by atoms with Crippen molar-refractivity contribution < 1.29 is 4.79 Å². The molecule has 156 valence electrons. The highest BCUT2D eigenvalue weighted by Crippen LogP contribution is 2.16. The fraction of sp³-hybridized carbons (Fsp3) is 0.182. The molecule has 0 atom stereocenters. The predicted molar refractivity (Wildman–Crippen MR) is 115 cm³/mol. The number of amides is 1. The summed E-state index contributed by atoms with van der Waals surface area (Å²) in [6.07, 6.45) is 3.01. The number of carbonyl (C=O) groups excluding carboxylic acids is 1. The lowest BCUT2D eigenvalue weighted by molar-refractivity contribution is -0.121. The van der Waals surface area contributed by atoms with Gasteiger partial charge in [-0.05, 0) is 19.1 Å². The smallest absolute Gasteiger partial charge is 0.332 e. The Morgan fingerprint density at radius 2 is 1.84 bits per heavy atom. The van der Waals surface area contributed by atoms with Crippen LogP contribution in [0.5, 0.6) is 0 Å². The van der Waals surface area contributed by atoms with Gasteiger partial charge in [0.15, 0.2) is 11.5 Å². The van der Waals surface area contributed by atoms with E-state index in [0.717, 1.165) is 15.7 Å². The molecule has 0 saturated carbocycles. The summed E-state index contributed by atoms with van der Waals surface area (Å²) in [6.45, 7) is 1.77. The Labute approximate surface area is 177 Å². The Kier molecular flexibility index (Phi) is 5.40.